The van der Waals surface area contributed by atoms with E-state index >= 15 is 0 Å². The van der Waals surface area contributed by atoms with Crippen LogP contribution in [0.4, 0.5) is 5.69 Å². The van der Waals surface area contributed by atoms with Gasteiger partial charge in [0.15, 0.2) is 6.10 Å². The third-order valence-electron chi connectivity index (χ3n) is 5.06. The first-order chi connectivity index (χ1) is 12.7. The second-order valence-electron chi connectivity index (χ2n) is 6.78. The van der Waals surface area contributed by atoms with Crippen LogP contribution in [0.5, 0.6) is 5.75 Å². The molecule has 0 bridgehead atoms. The molecule has 1 atom stereocenters. The Morgan fingerprint density at radius 1 is 1.19 bits per heavy atom. The van der Waals surface area contributed by atoms with Crippen LogP contribution < -0.4 is 9.64 Å². The van der Waals surface area contributed by atoms with Crippen molar-refractivity contribution in [1.82, 2.24) is 24.6 Å². The maximum Gasteiger partial charge on any atom is 0.265 e. The molecular weight excluding hydrogens is 332 g/mol. The minimum atomic E-state index is -0.434. The maximum absolute atomic E-state index is 12.9. The van der Waals surface area contributed by atoms with Crippen molar-refractivity contribution in [2.24, 2.45) is 0 Å². The summed E-state index contributed by atoms with van der Waals surface area (Å²) in [6.07, 6.45) is 2.85. The fourth-order valence-corrected chi connectivity index (χ4v) is 3.53. The topological polar surface area (TPSA) is 66.7 Å². The molecule has 8 heteroatoms. The number of anilines is 1. The van der Waals surface area contributed by atoms with Crippen molar-refractivity contribution in [2.45, 2.75) is 12.6 Å². The molecule has 0 aliphatic carbocycles. The molecule has 0 spiro atoms. The molecule has 8 nitrogen and oxygen atoms in total. The van der Waals surface area contributed by atoms with Crippen LogP contribution in [0.25, 0.3) is 0 Å². The molecule has 1 fully saturated rings. The van der Waals surface area contributed by atoms with Gasteiger partial charge in [0.2, 0.25) is 0 Å². The van der Waals surface area contributed by atoms with Crippen LogP contribution in [-0.4, -0.2) is 82.9 Å². The predicted octanol–water partition coefficient (Wildman–Crippen LogP) is 0.320. The lowest BCUT2D eigenvalue weighted by atomic mass is 10.1. The maximum atomic E-state index is 12.9. The van der Waals surface area contributed by atoms with Crippen molar-refractivity contribution in [3.8, 4) is 5.75 Å². The number of benzene rings is 1. The van der Waals surface area contributed by atoms with Crippen molar-refractivity contribution in [3.63, 3.8) is 0 Å². The molecule has 0 saturated carbocycles. The number of hydrogen-bond donors (Lipinski definition) is 0. The molecule has 1 aromatic heterocycles. The highest BCUT2D eigenvalue weighted by Crippen LogP contribution is 2.32. The molecule has 2 aromatic rings. The van der Waals surface area contributed by atoms with E-state index in [1.807, 2.05) is 40.9 Å². The van der Waals surface area contributed by atoms with Crippen molar-refractivity contribution in [3.05, 3.63) is 36.9 Å². The van der Waals surface area contributed by atoms with Crippen molar-refractivity contribution in [1.29, 1.82) is 0 Å². The molecule has 4 rings (SSSR count). The van der Waals surface area contributed by atoms with E-state index in [1.165, 1.54) is 0 Å². The largest absolute Gasteiger partial charge is 0.477 e. The summed E-state index contributed by atoms with van der Waals surface area (Å²) in [4.78, 5) is 23.2. The molecule has 2 aliphatic rings. The van der Waals surface area contributed by atoms with Crippen LogP contribution in [0.15, 0.2) is 36.9 Å². The van der Waals surface area contributed by atoms with Crippen LogP contribution in [0.2, 0.25) is 0 Å². The van der Waals surface area contributed by atoms with E-state index in [1.54, 1.807) is 12.7 Å². The zero-order chi connectivity index (χ0) is 17.9. The number of hydrogen-bond acceptors (Lipinski definition) is 6. The second-order valence-corrected chi connectivity index (χ2v) is 6.78. The van der Waals surface area contributed by atoms with Crippen LogP contribution in [0.1, 0.15) is 0 Å². The van der Waals surface area contributed by atoms with Gasteiger partial charge in [-0.1, -0.05) is 12.1 Å². The van der Waals surface area contributed by atoms with E-state index < -0.39 is 6.10 Å². The van der Waals surface area contributed by atoms with E-state index in [-0.39, 0.29) is 5.91 Å². The van der Waals surface area contributed by atoms with Gasteiger partial charge in [0.1, 0.15) is 18.4 Å². The number of rotatable bonds is 4. The summed E-state index contributed by atoms with van der Waals surface area (Å²) in [6.45, 7) is 5.55. The lowest BCUT2D eigenvalue weighted by Gasteiger charge is -2.39. The van der Waals surface area contributed by atoms with Crippen molar-refractivity contribution in [2.75, 3.05) is 51.2 Å². The van der Waals surface area contributed by atoms with E-state index in [0.717, 1.165) is 50.7 Å². The number of nitrogens with zero attached hydrogens (tertiary/aromatic N) is 6. The molecule has 0 radical (unpaired) electrons. The molecule has 3 heterocycles. The minimum absolute atomic E-state index is 0.0854. The van der Waals surface area contributed by atoms with Gasteiger partial charge in [-0.25, -0.2) is 4.98 Å². The summed E-state index contributed by atoms with van der Waals surface area (Å²) in [5.74, 6) is 0.869. The third-order valence-corrected chi connectivity index (χ3v) is 5.06. The summed E-state index contributed by atoms with van der Waals surface area (Å²) in [5.41, 5.74) is 1.04. The first-order valence-corrected chi connectivity index (χ1v) is 9.01. The summed E-state index contributed by atoms with van der Waals surface area (Å²) in [5, 5.41) is 4.12. The van der Waals surface area contributed by atoms with Gasteiger partial charge in [-0.2, -0.15) is 5.10 Å². The van der Waals surface area contributed by atoms with Crippen LogP contribution in [0.3, 0.4) is 0 Å². The number of ether oxygens (including phenoxy) is 1. The highest BCUT2D eigenvalue weighted by atomic mass is 16.5. The number of carbonyl (C=O) groups is 1. The number of carbonyl (C=O) groups excluding carboxylic acids is 1. The molecule has 26 heavy (non-hydrogen) atoms. The van der Waals surface area contributed by atoms with Gasteiger partial charge in [0.05, 0.1) is 18.8 Å². The molecule has 138 valence electrons. The van der Waals surface area contributed by atoms with E-state index in [9.17, 15) is 4.79 Å². The van der Waals surface area contributed by atoms with Crippen molar-refractivity contribution < 1.29 is 9.53 Å². The molecular formula is C18H24N6O2. The molecule has 1 amide bonds. The molecule has 0 unspecified atom stereocenters. The van der Waals surface area contributed by atoms with Crippen molar-refractivity contribution >= 4 is 11.6 Å². The third kappa shape index (κ3) is 3.50. The molecule has 1 saturated heterocycles. The predicted molar refractivity (Wildman–Crippen MR) is 97.2 cm³/mol. The Balaban J connectivity index is 1.30. The van der Waals surface area contributed by atoms with E-state index in [2.05, 4.69) is 19.9 Å². The number of likely N-dealkylation sites (N-methyl/N-ethyl adjacent to an activating group) is 1. The average Bonchev–Trinajstić information content (AvgIpc) is 3.20. The normalized spacial score (nSPS) is 20.6. The number of para-hydroxylation sites is 2. The van der Waals surface area contributed by atoms with Gasteiger partial charge in [-0.05, 0) is 12.1 Å². The number of fused-ring (bicyclic) bond motifs is 1. The summed E-state index contributed by atoms with van der Waals surface area (Å²) < 4.78 is 7.81. The Morgan fingerprint density at radius 2 is 2.00 bits per heavy atom. The first-order valence-electron chi connectivity index (χ1n) is 9.01. The fraction of sp³-hybridized carbons (Fsp3) is 0.500. The van der Waals surface area contributed by atoms with Gasteiger partial charge >= 0.3 is 0 Å². The SMILES string of the molecule is CN1C[C@H](C(=O)N2CCN(CCn3cncn3)CC2)Oc2ccccc21. The van der Waals surface area contributed by atoms with E-state index in [4.69, 9.17) is 4.74 Å². The standard InChI is InChI=1S/C18H24N6O2/c1-21-12-17(26-16-5-3-2-4-15(16)21)18(25)23-9-6-22(7-10-23)8-11-24-14-19-13-20-24/h2-5,13-14,17H,6-12H2,1H3/t17-/m1/s1. The van der Waals surface area contributed by atoms with Crippen LogP contribution >= 0.6 is 0 Å². The fourth-order valence-electron chi connectivity index (χ4n) is 3.53. The Hall–Kier alpha value is -2.61. The van der Waals surface area contributed by atoms with Gasteiger partial charge in [-0.15, -0.1) is 0 Å². The highest BCUT2D eigenvalue weighted by Gasteiger charge is 2.33. The van der Waals surface area contributed by atoms with Crippen LogP contribution in [0, 0.1) is 0 Å². The first kappa shape index (κ1) is 16.8. The number of amides is 1. The van der Waals surface area contributed by atoms with Crippen LogP contribution in [-0.2, 0) is 11.3 Å². The number of aromatic nitrogens is 3. The monoisotopic (exact) mass is 356 g/mol. The lowest BCUT2D eigenvalue weighted by Crippen LogP contribution is -2.55. The molecule has 1 aromatic carbocycles. The Labute approximate surface area is 153 Å². The molecule has 0 N–H and O–H groups in total. The second kappa shape index (κ2) is 7.33. The summed E-state index contributed by atoms with van der Waals surface area (Å²) in [7, 11) is 2.00. The number of piperazine rings is 1. The zero-order valence-corrected chi connectivity index (χ0v) is 15.0. The Bertz CT molecular complexity index is 742. The van der Waals surface area contributed by atoms with Gasteiger partial charge in [0, 0.05) is 39.8 Å². The minimum Gasteiger partial charge on any atom is -0.477 e. The lowest BCUT2D eigenvalue weighted by molar-refractivity contribution is -0.140. The Kier molecular flexibility index (Phi) is 4.75. The summed E-state index contributed by atoms with van der Waals surface area (Å²) >= 11 is 0. The smallest absolute Gasteiger partial charge is 0.265 e. The van der Waals surface area contributed by atoms with Gasteiger partial charge in [-0.3, -0.25) is 14.4 Å². The quantitative estimate of drug-likeness (QED) is 0.786. The zero-order valence-electron chi connectivity index (χ0n) is 15.0. The highest BCUT2D eigenvalue weighted by molar-refractivity contribution is 5.83. The average molecular weight is 356 g/mol. The summed E-state index contributed by atoms with van der Waals surface area (Å²) in [6, 6.07) is 7.87. The van der Waals surface area contributed by atoms with Gasteiger partial charge < -0.3 is 14.5 Å². The van der Waals surface area contributed by atoms with E-state index in [0.29, 0.717) is 6.54 Å². The Morgan fingerprint density at radius 3 is 2.77 bits per heavy atom. The van der Waals surface area contributed by atoms with Gasteiger partial charge in [0.25, 0.3) is 5.91 Å². The molecule has 2 aliphatic heterocycles.